The predicted molar refractivity (Wildman–Crippen MR) is 48.3 cm³/mol. The summed E-state index contributed by atoms with van der Waals surface area (Å²) in [6.45, 7) is 4.47. The van der Waals surface area contributed by atoms with Crippen molar-refractivity contribution in [3.63, 3.8) is 0 Å². The standard InChI is InChI=1S/C9H13N3O/c1-7-9(12-3-2-11-7)8-6-10-4-5-13-8/h2-3,8,10H,4-6H2,1H3. The van der Waals surface area contributed by atoms with E-state index in [1.807, 2.05) is 6.92 Å². The molecule has 1 aliphatic rings. The number of hydrogen-bond donors (Lipinski definition) is 1. The third-order valence-corrected chi connectivity index (χ3v) is 2.15. The van der Waals surface area contributed by atoms with Crippen molar-refractivity contribution >= 4 is 0 Å². The Morgan fingerprint density at radius 2 is 2.31 bits per heavy atom. The lowest BCUT2D eigenvalue weighted by molar-refractivity contribution is 0.0243. The van der Waals surface area contributed by atoms with Gasteiger partial charge >= 0.3 is 0 Å². The van der Waals surface area contributed by atoms with Gasteiger partial charge in [-0.25, -0.2) is 0 Å². The summed E-state index contributed by atoms with van der Waals surface area (Å²) in [5.74, 6) is 0. The fourth-order valence-corrected chi connectivity index (χ4v) is 1.48. The molecule has 1 atom stereocenters. The normalized spacial score (nSPS) is 23.0. The van der Waals surface area contributed by atoms with Gasteiger partial charge in [0.1, 0.15) is 6.10 Å². The first kappa shape index (κ1) is 8.59. The van der Waals surface area contributed by atoms with Crippen LogP contribution in [0.1, 0.15) is 17.5 Å². The van der Waals surface area contributed by atoms with Crippen LogP contribution in [0.3, 0.4) is 0 Å². The van der Waals surface area contributed by atoms with Crippen LogP contribution in [0.25, 0.3) is 0 Å². The van der Waals surface area contributed by atoms with Gasteiger partial charge in [0.25, 0.3) is 0 Å². The molecule has 70 valence electrons. The SMILES string of the molecule is Cc1nccnc1C1CNCCO1. The zero-order valence-corrected chi connectivity index (χ0v) is 7.66. The van der Waals surface area contributed by atoms with E-state index in [-0.39, 0.29) is 6.10 Å². The highest BCUT2D eigenvalue weighted by molar-refractivity contribution is 5.12. The lowest BCUT2D eigenvalue weighted by Crippen LogP contribution is -2.34. The highest BCUT2D eigenvalue weighted by atomic mass is 16.5. The van der Waals surface area contributed by atoms with Gasteiger partial charge < -0.3 is 10.1 Å². The first-order chi connectivity index (χ1) is 6.38. The van der Waals surface area contributed by atoms with Crippen LogP contribution in [0.15, 0.2) is 12.4 Å². The summed E-state index contributed by atoms with van der Waals surface area (Å²) >= 11 is 0. The average molecular weight is 179 g/mol. The molecule has 0 radical (unpaired) electrons. The van der Waals surface area contributed by atoms with Crippen LogP contribution in [0.2, 0.25) is 0 Å². The van der Waals surface area contributed by atoms with Crippen LogP contribution < -0.4 is 5.32 Å². The molecule has 1 aromatic rings. The third-order valence-electron chi connectivity index (χ3n) is 2.15. The minimum atomic E-state index is 0.0717. The van der Waals surface area contributed by atoms with Gasteiger partial charge in [-0.3, -0.25) is 9.97 Å². The second-order valence-corrected chi connectivity index (χ2v) is 3.09. The quantitative estimate of drug-likeness (QED) is 0.679. The van der Waals surface area contributed by atoms with Crippen molar-refractivity contribution in [3.05, 3.63) is 23.8 Å². The molecule has 1 fully saturated rings. The lowest BCUT2D eigenvalue weighted by Gasteiger charge is -2.23. The first-order valence-electron chi connectivity index (χ1n) is 4.48. The molecule has 13 heavy (non-hydrogen) atoms. The Morgan fingerprint density at radius 3 is 3.00 bits per heavy atom. The zero-order valence-electron chi connectivity index (χ0n) is 7.66. The molecule has 1 aliphatic heterocycles. The Labute approximate surface area is 77.4 Å². The molecule has 4 heteroatoms. The van der Waals surface area contributed by atoms with Gasteiger partial charge in [0.15, 0.2) is 0 Å². The Hall–Kier alpha value is -1.00. The number of rotatable bonds is 1. The highest BCUT2D eigenvalue weighted by Gasteiger charge is 2.18. The van der Waals surface area contributed by atoms with E-state index in [2.05, 4.69) is 15.3 Å². The minimum Gasteiger partial charge on any atom is -0.369 e. The monoisotopic (exact) mass is 179 g/mol. The van der Waals surface area contributed by atoms with Gasteiger partial charge in [-0.15, -0.1) is 0 Å². The number of aryl methyl sites for hydroxylation is 1. The maximum absolute atomic E-state index is 5.58. The number of nitrogens with zero attached hydrogens (tertiary/aromatic N) is 2. The van der Waals surface area contributed by atoms with Crippen molar-refractivity contribution < 1.29 is 4.74 Å². The second kappa shape index (κ2) is 3.81. The van der Waals surface area contributed by atoms with E-state index in [1.54, 1.807) is 12.4 Å². The second-order valence-electron chi connectivity index (χ2n) is 3.09. The van der Waals surface area contributed by atoms with Crippen LogP contribution >= 0.6 is 0 Å². The third kappa shape index (κ3) is 1.84. The molecule has 1 unspecified atom stereocenters. The first-order valence-corrected chi connectivity index (χ1v) is 4.48. The maximum Gasteiger partial charge on any atom is 0.114 e. The Balaban J connectivity index is 2.18. The van der Waals surface area contributed by atoms with Crippen molar-refractivity contribution in [1.29, 1.82) is 0 Å². The van der Waals surface area contributed by atoms with E-state index in [0.717, 1.165) is 31.1 Å². The van der Waals surface area contributed by atoms with Crippen LogP contribution in [0.4, 0.5) is 0 Å². The van der Waals surface area contributed by atoms with E-state index in [1.165, 1.54) is 0 Å². The van der Waals surface area contributed by atoms with Crippen molar-refractivity contribution in [2.24, 2.45) is 0 Å². The summed E-state index contributed by atoms with van der Waals surface area (Å²) in [4.78, 5) is 8.46. The summed E-state index contributed by atoms with van der Waals surface area (Å²) < 4.78 is 5.58. The molecule has 2 rings (SSSR count). The number of hydrogen-bond acceptors (Lipinski definition) is 4. The van der Waals surface area contributed by atoms with Gasteiger partial charge in [0.05, 0.1) is 18.0 Å². The molecular weight excluding hydrogens is 166 g/mol. The summed E-state index contributed by atoms with van der Waals surface area (Å²) in [5, 5.41) is 3.27. The van der Waals surface area contributed by atoms with Gasteiger partial charge in [0, 0.05) is 25.5 Å². The molecule has 1 saturated heterocycles. The molecule has 4 nitrogen and oxygen atoms in total. The maximum atomic E-state index is 5.58. The minimum absolute atomic E-state index is 0.0717. The molecule has 0 aromatic carbocycles. The topological polar surface area (TPSA) is 47.0 Å². The molecule has 0 saturated carbocycles. The Bertz CT molecular complexity index is 284. The van der Waals surface area contributed by atoms with Crippen molar-refractivity contribution in [1.82, 2.24) is 15.3 Å². The fourth-order valence-electron chi connectivity index (χ4n) is 1.48. The molecule has 0 bridgehead atoms. The van der Waals surface area contributed by atoms with Crippen LogP contribution in [-0.4, -0.2) is 29.7 Å². The molecule has 0 spiro atoms. The van der Waals surface area contributed by atoms with Gasteiger partial charge in [-0.1, -0.05) is 0 Å². The van der Waals surface area contributed by atoms with Crippen LogP contribution in [-0.2, 0) is 4.74 Å². The lowest BCUT2D eigenvalue weighted by atomic mass is 10.2. The number of morpholine rings is 1. The molecule has 0 aliphatic carbocycles. The van der Waals surface area contributed by atoms with E-state index >= 15 is 0 Å². The van der Waals surface area contributed by atoms with E-state index < -0.39 is 0 Å². The van der Waals surface area contributed by atoms with Gasteiger partial charge in [0.2, 0.25) is 0 Å². The summed E-state index contributed by atoms with van der Waals surface area (Å²) in [7, 11) is 0. The van der Waals surface area contributed by atoms with E-state index in [4.69, 9.17) is 4.74 Å². The largest absolute Gasteiger partial charge is 0.369 e. The Kier molecular flexibility index (Phi) is 2.52. The molecule has 0 amide bonds. The van der Waals surface area contributed by atoms with Gasteiger partial charge in [-0.05, 0) is 6.92 Å². The van der Waals surface area contributed by atoms with Gasteiger partial charge in [-0.2, -0.15) is 0 Å². The summed E-state index contributed by atoms with van der Waals surface area (Å²) in [6.07, 6.45) is 3.48. The predicted octanol–water partition coefficient (Wildman–Crippen LogP) is 0.446. The zero-order chi connectivity index (χ0) is 9.10. The highest BCUT2D eigenvalue weighted by Crippen LogP contribution is 2.17. The van der Waals surface area contributed by atoms with Crippen molar-refractivity contribution in [2.45, 2.75) is 13.0 Å². The average Bonchev–Trinajstić information content (AvgIpc) is 2.20. The smallest absolute Gasteiger partial charge is 0.114 e. The molecule has 1 aromatic heterocycles. The van der Waals surface area contributed by atoms with E-state index in [9.17, 15) is 0 Å². The Morgan fingerprint density at radius 1 is 1.46 bits per heavy atom. The van der Waals surface area contributed by atoms with Crippen LogP contribution in [0.5, 0.6) is 0 Å². The molecule has 2 heterocycles. The van der Waals surface area contributed by atoms with Crippen molar-refractivity contribution in [3.8, 4) is 0 Å². The summed E-state index contributed by atoms with van der Waals surface area (Å²) in [6, 6.07) is 0. The number of aromatic nitrogens is 2. The molecule has 1 N–H and O–H groups in total. The molecular formula is C9H13N3O. The number of ether oxygens (including phenoxy) is 1. The van der Waals surface area contributed by atoms with Crippen LogP contribution in [0, 0.1) is 6.92 Å². The summed E-state index contributed by atoms with van der Waals surface area (Å²) in [5.41, 5.74) is 1.91. The van der Waals surface area contributed by atoms with E-state index in [0.29, 0.717) is 0 Å². The fraction of sp³-hybridized carbons (Fsp3) is 0.556. The number of nitrogens with one attached hydrogen (secondary N) is 1. The van der Waals surface area contributed by atoms with Crippen molar-refractivity contribution in [2.75, 3.05) is 19.7 Å².